The fourth-order valence-corrected chi connectivity index (χ4v) is 3.29. The minimum absolute atomic E-state index is 0.0319. The van der Waals surface area contributed by atoms with E-state index in [9.17, 15) is 4.79 Å². The van der Waals surface area contributed by atoms with Crippen LogP contribution in [-0.4, -0.2) is 74.1 Å². The van der Waals surface area contributed by atoms with E-state index in [1.807, 2.05) is 43.3 Å². The zero-order valence-corrected chi connectivity index (χ0v) is 16.6. The molecule has 0 saturated carbocycles. The molecule has 7 heteroatoms. The predicted molar refractivity (Wildman–Crippen MR) is 111 cm³/mol. The van der Waals surface area contributed by atoms with Crippen LogP contribution in [0.3, 0.4) is 0 Å². The Hall–Kier alpha value is -2.31. The van der Waals surface area contributed by atoms with Gasteiger partial charge in [0.15, 0.2) is 0 Å². The van der Waals surface area contributed by atoms with Crippen molar-refractivity contribution in [3.8, 4) is 0 Å². The Kier molecular flexibility index (Phi) is 6.53. The molecule has 1 aromatic heterocycles. The Morgan fingerprint density at radius 2 is 1.96 bits per heavy atom. The molecule has 1 aliphatic heterocycles. The third-order valence-corrected chi connectivity index (χ3v) is 4.85. The van der Waals surface area contributed by atoms with Crippen LogP contribution in [-0.2, 0) is 0 Å². The normalized spacial score (nSPS) is 14.5. The summed E-state index contributed by atoms with van der Waals surface area (Å²) in [6.07, 6.45) is 3.40. The van der Waals surface area contributed by atoms with Gasteiger partial charge in [0.1, 0.15) is 0 Å². The van der Waals surface area contributed by atoms with Crippen LogP contribution in [0.25, 0.3) is 0 Å². The lowest BCUT2D eigenvalue weighted by Gasteiger charge is -2.36. The molecular formula is C20H26ClN5O. The van der Waals surface area contributed by atoms with E-state index in [2.05, 4.69) is 26.2 Å². The molecule has 1 aromatic carbocycles. The van der Waals surface area contributed by atoms with Crippen molar-refractivity contribution in [1.29, 1.82) is 0 Å². The van der Waals surface area contributed by atoms with Gasteiger partial charge in [-0.25, -0.2) is 0 Å². The van der Waals surface area contributed by atoms with E-state index in [0.29, 0.717) is 18.7 Å². The number of rotatable bonds is 6. The van der Waals surface area contributed by atoms with Crippen molar-refractivity contribution in [3.05, 3.63) is 53.3 Å². The summed E-state index contributed by atoms with van der Waals surface area (Å²) in [5, 5.41) is 4.04. The van der Waals surface area contributed by atoms with Gasteiger partial charge in [-0.1, -0.05) is 17.7 Å². The molecule has 1 saturated heterocycles. The second kappa shape index (κ2) is 9.06. The number of benzene rings is 1. The molecule has 0 spiro atoms. The molecule has 1 aliphatic rings. The molecule has 1 fully saturated rings. The number of halogens is 1. The standard InChI is InChI=1S/C20H26ClN5O/c1-24(2)7-6-23-18-12-16(14-22-15-18)20(27)26-10-8-25(9-11-26)19-5-3-4-17(21)13-19/h3-5,12-15,23H,6-11H2,1-2H3. The number of aromatic nitrogens is 1. The summed E-state index contributed by atoms with van der Waals surface area (Å²) in [6.45, 7) is 4.68. The maximum absolute atomic E-state index is 12.8. The number of piperazine rings is 1. The lowest BCUT2D eigenvalue weighted by Crippen LogP contribution is -2.48. The molecule has 27 heavy (non-hydrogen) atoms. The molecule has 0 bridgehead atoms. The zero-order chi connectivity index (χ0) is 19.2. The quantitative estimate of drug-likeness (QED) is 0.825. The van der Waals surface area contributed by atoms with E-state index in [1.54, 1.807) is 12.4 Å². The van der Waals surface area contributed by atoms with Crippen molar-refractivity contribution in [2.24, 2.45) is 0 Å². The second-order valence-corrected chi connectivity index (χ2v) is 7.39. The summed E-state index contributed by atoms with van der Waals surface area (Å²) < 4.78 is 0. The smallest absolute Gasteiger partial charge is 0.255 e. The molecule has 2 aromatic rings. The van der Waals surface area contributed by atoms with Gasteiger partial charge in [0, 0.05) is 62.4 Å². The van der Waals surface area contributed by atoms with Crippen LogP contribution in [0.2, 0.25) is 5.02 Å². The van der Waals surface area contributed by atoms with Crippen molar-refractivity contribution in [3.63, 3.8) is 0 Å². The van der Waals surface area contributed by atoms with Gasteiger partial charge in [-0.2, -0.15) is 0 Å². The van der Waals surface area contributed by atoms with E-state index >= 15 is 0 Å². The highest BCUT2D eigenvalue weighted by Gasteiger charge is 2.22. The summed E-state index contributed by atoms with van der Waals surface area (Å²) >= 11 is 6.08. The molecular weight excluding hydrogens is 362 g/mol. The minimum Gasteiger partial charge on any atom is -0.382 e. The van der Waals surface area contributed by atoms with Gasteiger partial charge in [0.05, 0.1) is 11.3 Å². The van der Waals surface area contributed by atoms with Gasteiger partial charge < -0.3 is 20.0 Å². The Morgan fingerprint density at radius 3 is 2.67 bits per heavy atom. The number of carbonyl (C=O) groups is 1. The Morgan fingerprint density at radius 1 is 1.19 bits per heavy atom. The van der Waals surface area contributed by atoms with Crippen molar-refractivity contribution in [2.75, 3.05) is 63.6 Å². The average molecular weight is 388 g/mol. The number of pyridine rings is 1. The Balaban J connectivity index is 1.57. The molecule has 0 aliphatic carbocycles. The summed E-state index contributed by atoms with van der Waals surface area (Å²) in [5.74, 6) is 0.0319. The summed E-state index contributed by atoms with van der Waals surface area (Å²) in [6, 6.07) is 9.73. The van der Waals surface area contributed by atoms with Crippen LogP contribution >= 0.6 is 11.6 Å². The summed E-state index contributed by atoms with van der Waals surface area (Å²) in [5.41, 5.74) is 2.60. The molecule has 144 valence electrons. The van der Waals surface area contributed by atoms with Gasteiger partial charge in [0.2, 0.25) is 0 Å². The van der Waals surface area contributed by atoms with E-state index in [-0.39, 0.29) is 5.91 Å². The van der Waals surface area contributed by atoms with Crippen molar-refractivity contribution in [2.45, 2.75) is 0 Å². The number of hydrogen-bond acceptors (Lipinski definition) is 5. The van der Waals surface area contributed by atoms with E-state index < -0.39 is 0 Å². The Bertz CT molecular complexity index is 774. The summed E-state index contributed by atoms with van der Waals surface area (Å²) in [4.78, 5) is 23.3. The highest BCUT2D eigenvalue weighted by Crippen LogP contribution is 2.21. The first-order valence-corrected chi connectivity index (χ1v) is 9.54. The first-order valence-electron chi connectivity index (χ1n) is 9.16. The SMILES string of the molecule is CN(C)CCNc1cncc(C(=O)N2CCN(c3cccc(Cl)c3)CC2)c1. The van der Waals surface area contributed by atoms with E-state index in [1.165, 1.54) is 0 Å². The van der Waals surface area contributed by atoms with Gasteiger partial charge in [-0.3, -0.25) is 9.78 Å². The lowest BCUT2D eigenvalue weighted by molar-refractivity contribution is 0.0746. The molecule has 0 atom stereocenters. The van der Waals surface area contributed by atoms with Gasteiger partial charge >= 0.3 is 0 Å². The second-order valence-electron chi connectivity index (χ2n) is 6.95. The number of nitrogens with zero attached hydrogens (tertiary/aromatic N) is 4. The van der Waals surface area contributed by atoms with Crippen LogP contribution in [0.5, 0.6) is 0 Å². The first-order chi connectivity index (χ1) is 13.0. The number of amides is 1. The largest absolute Gasteiger partial charge is 0.382 e. The third-order valence-electron chi connectivity index (χ3n) is 4.61. The van der Waals surface area contributed by atoms with Gasteiger partial charge in [-0.05, 0) is 38.4 Å². The predicted octanol–water partition coefficient (Wildman–Crippen LogP) is 2.67. The molecule has 3 rings (SSSR count). The molecule has 1 N–H and O–H groups in total. The van der Waals surface area contributed by atoms with Crippen molar-refractivity contribution < 1.29 is 4.79 Å². The van der Waals surface area contributed by atoms with Crippen LogP contribution in [0.15, 0.2) is 42.7 Å². The zero-order valence-electron chi connectivity index (χ0n) is 15.9. The maximum Gasteiger partial charge on any atom is 0.255 e. The monoisotopic (exact) mass is 387 g/mol. The first kappa shape index (κ1) is 19.5. The number of likely N-dealkylation sites (N-methyl/N-ethyl adjacent to an activating group) is 1. The molecule has 1 amide bonds. The van der Waals surface area contributed by atoms with Gasteiger partial charge in [-0.15, -0.1) is 0 Å². The highest BCUT2D eigenvalue weighted by molar-refractivity contribution is 6.30. The fraction of sp³-hybridized carbons (Fsp3) is 0.400. The average Bonchev–Trinajstić information content (AvgIpc) is 2.67. The van der Waals surface area contributed by atoms with Crippen molar-refractivity contribution >= 4 is 28.9 Å². The molecule has 0 radical (unpaired) electrons. The van der Waals surface area contributed by atoms with Crippen molar-refractivity contribution in [1.82, 2.24) is 14.8 Å². The topological polar surface area (TPSA) is 51.7 Å². The number of hydrogen-bond donors (Lipinski definition) is 1. The number of carbonyl (C=O) groups excluding carboxylic acids is 1. The Labute approximate surface area is 165 Å². The molecule has 2 heterocycles. The van der Waals surface area contributed by atoms with Crippen LogP contribution < -0.4 is 10.2 Å². The fourth-order valence-electron chi connectivity index (χ4n) is 3.10. The molecule has 6 nitrogen and oxygen atoms in total. The van der Waals surface area contributed by atoms with Crippen LogP contribution in [0, 0.1) is 0 Å². The third kappa shape index (κ3) is 5.34. The highest BCUT2D eigenvalue weighted by atomic mass is 35.5. The number of anilines is 2. The maximum atomic E-state index is 12.8. The van der Waals surface area contributed by atoms with E-state index in [4.69, 9.17) is 11.6 Å². The van der Waals surface area contributed by atoms with Crippen LogP contribution in [0.1, 0.15) is 10.4 Å². The molecule has 0 unspecified atom stereocenters. The van der Waals surface area contributed by atoms with Crippen LogP contribution in [0.4, 0.5) is 11.4 Å². The van der Waals surface area contributed by atoms with E-state index in [0.717, 1.165) is 42.6 Å². The number of nitrogens with one attached hydrogen (secondary N) is 1. The van der Waals surface area contributed by atoms with Gasteiger partial charge in [0.25, 0.3) is 5.91 Å². The lowest BCUT2D eigenvalue weighted by atomic mass is 10.2. The minimum atomic E-state index is 0.0319. The summed E-state index contributed by atoms with van der Waals surface area (Å²) in [7, 11) is 4.06.